The maximum Gasteiger partial charge on any atom is 0.306 e. The van der Waals surface area contributed by atoms with Crippen LogP contribution >= 0.6 is 0 Å². The van der Waals surface area contributed by atoms with Gasteiger partial charge in [0.05, 0.1) is 19.1 Å². The maximum absolute atomic E-state index is 14.0. The van der Waals surface area contributed by atoms with Crippen molar-refractivity contribution in [1.29, 1.82) is 0 Å². The molecule has 0 spiro atoms. The van der Waals surface area contributed by atoms with Crippen LogP contribution in [0.3, 0.4) is 0 Å². The van der Waals surface area contributed by atoms with Gasteiger partial charge in [-0.3, -0.25) is 14.5 Å². The van der Waals surface area contributed by atoms with Gasteiger partial charge in [0.25, 0.3) is 0 Å². The third-order valence-corrected chi connectivity index (χ3v) is 8.06. The minimum absolute atomic E-state index is 0.109. The molecule has 3 aromatic rings. The van der Waals surface area contributed by atoms with E-state index in [9.17, 15) is 9.59 Å². The molecule has 1 N–H and O–H groups in total. The van der Waals surface area contributed by atoms with Crippen LogP contribution in [0.1, 0.15) is 38.2 Å². The topological polar surface area (TPSA) is 58.6 Å². The summed E-state index contributed by atoms with van der Waals surface area (Å²) < 4.78 is 4.89. The van der Waals surface area contributed by atoms with Crippen molar-refractivity contribution < 1.29 is 14.3 Å². The molecule has 2 unspecified atom stereocenters. The molecule has 5 heteroatoms. The zero-order valence-corrected chi connectivity index (χ0v) is 20.6. The van der Waals surface area contributed by atoms with E-state index < -0.39 is 5.54 Å². The highest BCUT2D eigenvalue weighted by Crippen LogP contribution is 2.57. The second-order valence-electron chi connectivity index (χ2n) is 10.5. The lowest BCUT2D eigenvalue weighted by Crippen LogP contribution is -2.55. The number of methoxy groups -OCH3 is 1. The Hall–Kier alpha value is -3.18. The Morgan fingerprint density at radius 2 is 1.66 bits per heavy atom. The molecule has 35 heavy (non-hydrogen) atoms. The summed E-state index contributed by atoms with van der Waals surface area (Å²) in [6.07, 6.45) is 2.54. The SMILES string of the molecule is COC(=O)CC1(C)CC1C(=O)C1(Nc2ccccc2)CCN(Cc2cccc3ccccc23)CC1. The number of piperidine rings is 1. The summed E-state index contributed by atoms with van der Waals surface area (Å²) in [5, 5.41) is 6.20. The number of carbonyl (C=O) groups is 2. The number of nitrogens with zero attached hydrogens (tertiary/aromatic N) is 1. The summed E-state index contributed by atoms with van der Waals surface area (Å²) in [6.45, 7) is 4.60. The molecule has 1 aliphatic carbocycles. The smallest absolute Gasteiger partial charge is 0.306 e. The fourth-order valence-corrected chi connectivity index (χ4v) is 5.74. The lowest BCUT2D eigenvalue weighted by atomic mass is 9.79. The van der Waals surface area contributed by atoms with Crippen LogP contribution in [0, 0.1) is 11.3 Å². The van der Waals surface area contributed by atoms with Gasteiger partial charge < -0.3 is 10.1 Å². The molecule has 2 fully saturated rings. The second-order valence-corrected chi connectivity index (χ2v) is 10.5. The van der Waals surface area contributed by atoms with Crippen LogP contribution in [-0.4, -0.2) is 42.4 Å². The molecule has 5 rings (SSSR count). The summed E-state index contributed by atoms with van der Waals surface area (Å²) in [7, 11) is 1.41. The third-order valence-electron chi connectivity index (χ3n) is 8.06. The molecule has 182 valence electrons. The van der Waals surface area contributed by atoms with E-state index in [-0.39, 0.29) is 23.1 Å². The number of hydrogen-bond donors (Lipinski definition) is 1. The van der Waals surface area contributed by atoms with E-state index in [0.29, 0.717) is 6.42 Å². The summed E-state index contributed by atoms with van der Waals surface area (Å²) in [6, 6.07) is 25.0. The van der Waals surface area contributed by atoms with E-state index in [2.05, 4.69) is 52.7 Å². The van der Waals surface area contributed by atoms with Gasteiger partial charge in [-0.2, -0.15) is 0 Å². The minimum atomic E-state index is -0.616. The average molecular weight is 471 g/mol. The van der Waals surface area contributed by atoms with Crippen molar-refractivity contribution in [3.05, 3.63) is 78.4 Å². The van der Waals surface area contributed by atoms with Gasteiger partial charge in [-0.25, -0.2) is 0 Å². The number of esters is 1. The van der Waals surface area contributed by atoms with E-state index in [1.54, 1.807) is 0 Å². The first kappa shape index (κ1) is 23.6. The van der Waals surface area contributed by atoms with Crippen LogP contribution in [-0.2, 0) is 20.9 Å². The number of para-hydroxylation sites is 1. The summed E-state index contributed by atoms with van der Waals surface area (Å²) in [4.78, 5) is 28.4. The number of anilines is 1. The first-order chi connectivity index (χ1) is 16.9. The van der Waals surface area contributed by atoms with Crippen molar-refractivity contribution in [3.8, 4) is 0 Å². The Kier molecular flexibility index (Phi) is 6.37. The Morgan fingerprint density at radius 3 is 2.40 bits per heavy atom. The van der Waals surface area contributed by atoms with Gasteiger partial charge in [0.2, 0.25) is 0 Å². The van der Waals surface area contributed by atoms with Gasteiger partial charge in [0, 0.05) is 31.2 Å². The van der Waals surface area contributed by atoms with Gasteiger partial charge in [-0.15, -0.1) is 0 Å². The largest absolute Gasteiger partial charge is 0.469 e. The van der Waals surface area contributed by atoms with E-state index in [0.717, 1.165) is 44.6 Å². The number of Topliss-reactive ketones (excluding diaryl/α,β-unsaturated/α-hetero) is 1. The summed E-state index contributed by atoms with van der Waals surface area (Å²) >= 11 is 0. The second kappa shape index (κ2) is 9.46. The van der Waals surface area contributed by atoms with E-state index in [1.807, 2.05) is 37.3 Å². The summed E-state index contributed by atoms with van der Waals surface area (Å²) in [5.74, 6) is -0.0993. The fourth-order valence-electron chi connectivity index (χ4n) is 5.74. The van der Waals surface area contributed by atoms with Crippen LogP contribution in [0.2, 0.25) is 0 Å². The van der Waals surface area contributed by atoms with Gasteiger partial charge in [0.15, 0.2) is 5.78 Å². The highest BCUT2D eigenvalue weighted by Gasteiger charge is 2.60. The van der Waals surface area contributed by atoms with E-state index >= 15 is 0 Å². The zero-order chi connectivity index (χ0) is 24.5. The van der Waals surface area contributed by atoms with Crippen molar-refractivity contribution in [3.63, 3.8) is 0 Å². The van der Waals surface area contributed by atoms with Crippen molar-refractivity contribution in [2.75, 3.05) is 25.5 Å². The molecule has 0 bridgehead atoms. The molecular formula is C30H34N2O3. The van der Waals surface area contributed by atoms with Crippen LogP contribution in [0.5, 0.6) is 0 Å². The van der Waals surface area contributed by atoms with Gasteiger partial charge in [-0.1, -0.05) is 67.6 Å². The normalized spacial score (nSPS) is 23.5. The predicted molar refractivity (Wildman–Crippen MR) is 139 cm³/mol. The van der Waals surface area contributed by atoms with Crippen molar-refractivity contribution in [2.45, 2.75) is 44.7 Å². The van der Waals surface area contributed by atoms with Crippen LogP contribution in [0.25, 0.3) is 10.8 Å². The van der Waals surface area contributed by atoms with Gasteiger partial charge in [-0.05, 0) is 53.1 Å². The first-order valence-electron chi connectivity index (χ1n) is 12.6. The fraction of sp³-hybridized carbons (Fsp3) is 0.400. The quantitative estimate of drug-likeness (QED) is 0.444. The number of hydrogen-bond acceptors (Lipinski definition) is 5. The van der Waals surface area contributed by atoms with Crippen molar-refractivity contribution in [2.24, 2.45) is 11.3 Å². The predicted octanol–water partition coefficient (Wildman–Crippen LogP) is 5.44. The third kappa shape index (κ3) is 4.83. The number of likely N-dealkylation sites (tertiary alicyclic amines) is 1. The minimum Gasteiger partial charge on any atom is -0.469 e. The number of fused-ring (bicyclic) bond motifs is 1. The summed E-state index contributed by atoms with van der Waals surface area (Å²) in [5.41, 5.74) is 1.38. The molecule has 1 saturated carbocycles. The highest BCUT2D eigenvalue weighted by molar-refractivity contribution is 5.96. The molecule has 1 heterocycles. The van der Waals surface area contributed by atoms with Crippen LogP contribution in [0.15, 0.2) is 72.8 Å². The Balaban J connectivity index is 1.33. The van der Waals surface area contributed by atoms with Crippen LogP contribution in [0.4, 0.5) is 5.69 Å². The zero-order valence-electron chi connectivity index (χ0n) is 20.6. The Labute approximate surface area is 207 Å². The number of benzene rings is 3. The molecule has 0 amide bonds. The van der Waals surface area contributed by atoms with Crippen molar-refractivity contribution >= 4 is 28.2 Å². The lowest BCUT2D eigenvalue weighted by Gasteiger charge is -2.42. The number of nitrogens with one attached hydrogen (secondary N) is 1. The molecule has 0 aromatic heterocycles. The molecule has 3 aromatic carbocycles. The Morgan fingerprint density at radius 1 is 0.971 bits per heavy atom. The first-order valence-corrected chi connectivity index (χ1v) is 12.6. The van der Waals surface area contributed by atoms with Gasteiger partial charge in [0.1, 0.15) is 0 Å². The number of ether oxygens (including phenoxy) is 1. The number of carbonyl (C=O) groups excluding carboxylic acids is 2. The molecule has 2 aliphatic rings. The van der Waals surface area contributed by atoms with Crippen LogP contribution < -0.4 is 5.32 Å². The molecule has 0 radical (unpaired) electrons. The standard InChI is InChI=1S/C30H34N2O3/c1-29(20-27(33)35-2)19-26(29)28(34)30(31-24-12-4-3-5-13-24)15-17-32(18-16-30)21-23-11-8-10-22-9-6-7-14-25(22)23/h3-14,26,31H,15-21H2,1-2H3. The maximum atomic E-state index is 14.0. The lowest BCUT2D eigenvalue weighted by molar-refractivity contribution is -0.142. The van der Waals surface area contributed by atoms with E-state index in [1.165, 1.54) is 23.4 Å². The highest BCUT2D eigenvalue weighted by atomic mass is 16.5. The molecular weight excluding hydrogens is 436 g/mol. The average Bonchev–Trinajstić information content (AvgIpc) is 3.55. The van der Waals surface area contributed by atoms with E-state index in [4.69, 9.17) is 4.74 Å². The molecule has 1 aliphatic heterocycles. The molecule has 2 atom stereocenters. The molecule has 1 saturated heterocycles. The van der Waals surface area contributed by atoms with Crippen molar-refractivity contribution in [1.82, 2.24) is 4.90 Å². The Bertz CT molecular complexity index is 1210. The van der Waals surface area contributed by atoms with Gasteiger partial charge >= 0.3 is 5.97 Å². The number of rotatable bonds is 8. The number of ketones is 1. The monoisotopic (exact) mass is 470 g/mol. The molecule has 5 nitrogen and oxygen atoms in total.